The summed E-state index contributed by atoms with van der Waals surface area (Å²) in [6, 6.07) is 14.6. The molecule has 3 aromatic rings. The van der Waals surface area contributed by atoms with E-state index in [9.17, 15) is 9.59 Å². The lowest BCUT2D eigenvalue weighted by Gasteiger charge is -2.27. The molecule has 9 heteroatoms. The summed E-state index contributed by atoms with van der Waals surface area (Å²) in [5, 5.41) is 0.652. The second-order valence-electron chi connectivity index (χ2n) is 9.56. The summed E-state index contributed by atoms with van der Waals surface area (Å²) < 4.78 is 31.9. The second-order valence-corrected chi connectivity index (χ2v) is 10.4. The number of Topliss-reactive ketones (excluding diaryl/α,β-unsaturated/α-hetero) is 1. The van der Waals surface area contributed by atoms with E-state index >= 15 is 4.39 Å². The molecule has 0 radical (unpaired) electrons. The van der Waals surface area contributed by atoms with E-state index in [-0.39, 0.29) is 35.3 Å². The van der Waals surface area contributed by atoms with Crippen molar-refractivity contribution in [3.8, 4) is 11.5 Å². The maximum Gasteiger partial charge on any atom is 0.337 e. The van der Waals surface area contributed by atoms with Gasteiger partial charge in [0.15, 0.2) is 5.78 Å². The molecule has 1 heterocycles. The Hall–Kier alpha value is -3.55. The van der Waals surface area contributed by atoms with Crippen LogP contribution in [0.4, 0.5) is 4.39 Å². The molecule has 2 N–H and O–H groups in total. The molecule has 0 bridgehead atoms. The smallest absolute Gasteiger partial charge is 0.337 e. The van der Waals surface area contributed by atoms with E-state index in [1.807, 2.05) is 0 Å². The minimum Gasteiger partial charge on any atom is -0.489 e. The summed E-state index contributed by atoms with van der Waals surface area (Å²) in [6.45, 7) is -0.155. The molecule has 5 rings (SSSR count). The first kappa shape index (κ1) is 27.0. The molecule has 0 aromatic heterocycles. The zero-order valence-corrected chi connectivity index (χ0v) is 22.7. The lowest BCUT2D eigenvalue weighted by atomic mass is 9.96. The van der Waals surface area contributed by atoms with Crippen molar-refractivity contribution in [2.45, 2.75) is 31.8 Å². The SMILES string of the molecule is COC(=O)c1ccc2c(c1)CCC(c1ccc(OCC(C(=O)C3CC3)=C(N)c3c(Cl)cccc3Cl)cc1F)O2. The molecular weight excluding hydrogens is 544 g/mol. The van der Waals surface area contributed by atoms with Crippen molar-refractivity contribution in [2.75, 3.05) is 13.7 Å². The number of fused-ring (bicyclic) bond motifs is 1. The van der Waals surface area contributed by atoms with Crippen LogP contribution in [0.3, 0.4) is 0 Å². The Morgan fingerprint density at radius 2 is 1.79 bits per heavy atom. The average molecular weight is 570 g/mol. The number of rotatable bonds is 8. The number of carbonyl (C=O) groups is 2. The first-order chi connectivity index (χ1) is 18.8. The topological polar surface area (TPSA) is 87.9 Å². The van der Waals surface area contributed by atoms with Gasteiger partial charge in [-0.25, -0.2) is 9.18 Å². The number of benzene rings is 3. The van der Waals surface area contributed by atoms with Gasteiger partial charge in [0, 0.05) is 23.1 Å². The van der Waals surface area contributed by atoms with Crippen molar-refractivity contribution < 1.29 is 28.2 Å². The van der Waals surface area contributed by atoms with Crippen LogP contribution >= 0.6 is 23.2 Å². The number of ketones is 1. The van der Waals surface area contributed by atoms with Gasteiger partial charge in [-0.3, -0.25) is 4.79 Å². The van der Waals surface area contributed by atoms with E-state index in [0.717, 1.165) is 18.4 Å². The predicted octanol–water partition coefficient (Wildman–Crippen LogP) is 6.71. The van der Waals surface area contributed by atoms with Crippen LogP contribution in [0.15, 0.2) is 60.2 Å². The molecule has 1 saturated carbocycles. The van der Waals surface area contributed by atoms with E-state index in [0.29, 0.717) is 45.3 Å². The lowest BCUT2D eigenvalue weighted by molar-refractivity contribution is -0.116. The fourth-order valence-corrected chi connectivity index (χ4v) is 5.25. The van der Waals surface area contributed by atoms with Crippen LogP contribution in [0.5, 0.6) is 11.5 Å². The molecular formula is C30H26Cl2FNO5. The lowest BCUT2D eigenvalue weighted by Crippen LogP contribution is -2.19. The third kappa shape index (κ3) is 5.75. The van der Waals surface area contributed by atoms with Crippen molar-refractivity contribution >= 4 is 40.7 Å². The Kier molecular flexibility index (Phi) is 7.82. The van der Waals surface area contributed by atoms with Crippen LogP contribution in [0, 0.1) is 11.7 Å². The highest BCUT2D eigenvalue weighted by Crippen LogP contribution is 2.38. The van der Waals surface area contributed by atoms with Gasteiger partial charge in [0.1, 0.15) is 30.0 Å². The fourth-order valence-electron chi connectivity index (χ4n) is 4.65. The molecule has 39 heavy (non-hydrogen) atoms. The zero-order chi connectivity index (χ0) is 27.7. The number of esters is 1. The molecule has 1 aliphatic carbocycles. The van der Waals surface area contributed by atoms with Crippen LogP contribution in [0.1, 0.15) is 52.4 Å². The highest BCUT2D eigenvalue weighted by Gasteiger charge is 2.34. The van der Waals surface area contributed by atoms with Crippen LogP contribution in [0.25, 0.3) is 5.70 Å². The van der Waals surface area contributed by atoms with Gasteiger partial charge >= 0.3 is 5.97 Å². The van der Waals surface area contributed by atoms with Crippen LogP contribution < -0.4 is 15.2 Å². The molecule has 0 saturated heterocycles. The van der Waals surface area contributed by atoms with Crippen LogP contribution in [-0.2, 0) is 16.0 Å². The van der Waals surface area contributed by atoms with E-state index in [2.05, 4.69) is 0 Å². The summed E-state index contributed by atoms with van der Waals surface area (Å²) in [5.41, 5.74) is 8.88. The number of ether oxygens (including phenoxy) is 3. The third-order valence-corrected chi connectivity index (χ3v) is 7.56. The third-order valence-electron chi connectivity index (χ3n) is 6.93. The Balaban J connectivity index is 1.33. The number of methoxy groups -OCH3 is 1. The summed E-state index contributed by atoms with van der Waals surface area (Å²) in [7, 11) is 1.33. The van der Waals surface area contributed by atoms with Gasteiger partial charge in [-0.05, 0) is 73.7 Å². The van der Waals surface area contributed by atoms with Gasteiger partial charge in [-0.1, -0.05) is 29.3 Å². The highest BCUT2D eigenvalue weighted by atomic mass is 35.5. The van der Waals surface area contributed by atoms with Crippen molar-refractivity contribution in [3.05, 3.63) is 98.3 Å². The Morgan fingerprint density at radius 1 is 1.05 bits per heavy atom. The number of nitrogens with two attached hydrogens (primary N) is 1. The van der Waals surface area contributed by atoms with Gasteiger partial charge in [0.25, 0.3) is 0 Å². The van der Waals surface area contributed by atoms with E-state index in [1.54, 1.807) is 48.5 Å². The number of hydrogen-bond acceptors (Lipinski definition) is 6. The van der Waals surface area contributed by atoms with E-state index < -0.39 is 17.9 Å². The van der Waals surface area contributed by atoms with E-state index in [4.69, 9.17) is 43.1 Å². The maximum absolute atomic E-state index is 15.2. The maximum atomic E-state index is 15.2. The average Bonchev–Trinajstić information content (AvgIpc) is 3.78. The van der Waals surface area contributed by atoms with Crippen molar-refractivity contribution in [1.29, 1.82) is 0 Å². The van der Waals surface area contributed by atoms with Crippen LogP contribution in [0.2, 0.25) is 10.0 Å². The highest BCUT2D eigenvalue weighted by molar-refractivity contribution is 6.37. The normalized spacial score (nSPS) is 17.0. The van der Waals surface area contributed by atoms with E-state index in [1.165, 1.54) is 13.2 Å². The zero-order valence-electron chi connectivity index (χ0n) is 21.1. The molecule has 1 unspecified atom stereocenters. The second kappa shape index (κ2) is 11.3. The summed E-state index contributed by atoms with van der Waals surface area (Å²) in [6.07, 6.45) is 2.21. The number of carbonyl (C=O) groups excluding carboxylic acids is 2. The fraction of sp³-hybridized carbons (Fsp3) is 0.267. The minimum atomic E-state index is -0.500. The minimum absolute atomic E-state index is 0.113. The van der Waals surface area contributed by atoms with Gasteiger partial charge in [0.2, 0.25) is 0 Å². The quantitative estimate of drug-likeness (QED) is 0.239. The van der Waals surface area contributed by atoms with Crippen molar-refractivity contribution in [3.63, 3.8) is 0 Å². The standard InChI is InChI=1S/C30H26Cl2FNO5/c1-37-30(36)18-8-11-25-17(13-18)7-12-26(39-25)20-10-9-19(14-24(20)33)38-15-21(29(35)16-5-6-16)28(34)27-22(31)3-2-4-23(27)32/h2-4,8-11,13-14,16,26H,5-7,12,15,34H2,1H3. The number of hydrogen-bond donors (Lipinski definition) is 1. The number of aryl methyl sites for hydroxylation is 1. The molecule has 202 valence electrons. The molecule has 0 spiro atoms. The van der Waals surface area contributed by atoms with Crippen molar-refractivity contribution in [2.24, 2.45) is 11.7 Å². The first-order valence-corrected chi connectivity index (χ1v) is 13.3. The van der Waals surface area contributed by atoms with Gasteiger partial charge in [-0.15, -0.1) is 0 Å². The van der Waals surface area contributed by atoms with Gasteiger partial charge < -0.3 is 19.9 Å². The molecule has 1 atom stereocenters. The molecule has 1 aliphatic heterocycles. The monoisotopic (exact) mass is 569 g/mol. The van der Waals surface area contributed by atoms with Gasteiger partial charge in [-0.2, -0.15) is 0 Å². The Morgan fingerprint density at radius 3 is 2.46 bits per heavy atom. The number of halogens is 3. The summed E-state index contributed by atoms with van der Waals surface area (Å²) in [4.78, 5) is 24.9. The summed E-state index contributed by atoms with van der Waals surface area (Å²) >= 11 is 12.6. The van der Waals surface area contributed by atoms with Crippen LogP contribution in [-0.4, -0.2) is 25.5 Å². The first-order valence-electron chi connectivity index (χ1n) is 12.5. The predicted molar refractivity (Wildman–Crippen MR) is 147 cm³/mol. The largest absolute Gasteiger partial charge is 0.489 e. The summed E-state index contributed by atoms with van der Waals surface area (Å²) in [5.74, 6) is -0.304. The Bertz CT molecular complexity index is 1460. The molecule has 1 fully saturated rings. The molecule has 6 nitrogen and oxygen atoms in total. The molecule has 0 amide bonds. The van der Waals surface area contributed by atoms with Crippen molar-refractivity contribution in [1.82, 2.24) is 0 Å². The molecule has 3 aromatic carbocycles. The molecule has 2 aliphatic rings. The Labute approximate surface area is 235 Å². The van der Waals surface area contributed by atoms with Gasteiger partial charge in [0.05, 0.1) is 34.0 Å².